The summed E-state index contributed by atoms with van der Waals surface area (Å²) in [6, 6.07) is 31.2. The minimum Gasteiger partial charge on any atom is -0.192 e. The van der Waals surface area contributed by atoms with Crippen LogP contribution in [0.3, 0.4) is 0 Å². The third-order valence-corrected chi connectivity index (χ3v) is 4.50. The molecule has 0 saturated carbocycles. The average molecular weight is 335 g/mol. The fourth-order valence-electron chi connectivity index (χ4n) is 3.19. The molecule has 0 radical (unpaired) electrons. The Balaban J connectivity index is 2.21. The summed E-state index contributed by atoms with van der Waals surface area (Å²) in [6.07, 6.45) is 0.931. The molecule has 1 heteroatoms. The summed E-state index contributed by atoms with van der Waals surface area (Å²) in [4.78, 5) is 0. The first-order valence-corrected chi connectivity index (χ1v) is 8.78. The number of allylic oxidation sites excluding steroid dienone is 2. The van der Waals surface area contributed by atoms with Gasteiger partial charge in [0.05, 0.1) is 11.6 Å². The zero-order valence-corrected chi connectivity index (χ0v) is 14.9. The summed E-state index contributed by atoms with van der Waals surface area (Å²) in [5.41, 5.74) is 7.46. The Labute approximate surface area is 155 Å². The quantitative estimate of drug-likeness (QED) is 0.381. The number of hydrogen-bond acceptors (Lipinski definition) is 1. The molecular weight excluding hydrogens is 314 g/mol. The van der Waals surface area contributed by atoms with Crippen LogP contribution in [0.2, 0.25) is 0 Å². The monoisotopic (exact) mass is 335 g/mol. The van der Waals surface area contributed by atoms with Crippen molar-refractivity contribution in [3.8, 4) is 6.07 Å². The van der Waals surface area contributed by atoms with E-state index < -0.39 is 0 Å². The van der Waals surface area contributed by atoms with Gasteiger partial charge in [-0.15, -0.1) is 0 Å². The highest BCUT2D eigenvalue weighted by Gasteiger charge is 2.13. The van der Waals surface area contributed by atoms with E-state index in [1.807, 2.05) is 24.3 Å². The number of rotatable bonds is 5. The Bertz CT molecular complexity index is 956. The van der Waals surface area contributed by atoms with Gasteiger partial charge in [-0.2, -0.15) is 5.26 Å². The fraction of sp³-hybridized carbons (Fsp3) is 0.0800. The first-order valence-electron chi connectivity index (χ1n) is 8.78. The van der Waals surface area contributed by atoms with Gasteiger partial charge in [0.1, 0.15) is 0 Å². The van der Waals surface area contributed by atoms with E-state index in [4.69, 9.17) is 5.26 Å². The van der Waals surface area contributed by atoms with Crippen molar-refractivity contribution in [2.24, 2.45) is 0 Å². The van der Waals surface area contributed by atoms with E-state index in [9.17, 15) is 0 Å². The molecule has 3 aromatic rings. The van der Waals surface area contributed by atoms with Crippen LogP contribution in [0.1, 0.15) is 35.6 Å². The van der Waals surface area contributed by atoms with Gasteiger partial charge >= 0.3 is 0 Å². The standard InChI is InChI=1S/C25H21N/c1-3-24(21-10-6-4-7-11-21)25(22-12-8-5-9-13-22)23-16-14-20(15-17-23)19(2)18-26/h4-17H,2-3H2,1H3. The Morgan fingerprint density at radius 3 is 1.69 bits per heavy atom. The van der Waals surface area contributed by atoms with E-state index in [1.165, 1.54) is 22.3 Å². The topological polar surface area (TPSA) is 23.8 Å². The van der Waals surface area contributed by atoms with Crippen molar-refractivity contribution in [3.05, 3.63) is 114 Å². The second-order valence-corrected chi connectivity index (χ2v) is 6.11. The molecule has 0 bridgehead atoms. The second kappa shape index (κ2) is 8.14. The average Bonchev–Trinajstić information content (AvgIpc) is 2.73. The lowest BCUT2D eigenvalue weighted by atomic mass is 9.87. The summed E-state index contributed by atoms with van der Waals surface area (Å²) >= 11 is 0. The summed E-state index contributed by atoms with van der Waals surface area (Å²) in [5, 5.41) is 9.06. The van der Waals surface area contributed by atoms with Crippen LogP contribution in [-0.2, 0) is 0 Å². The maximum atomic E-state index is 9.06. The van der Waals surface area contributed by atoms with E-state index in [0.717, 1.165) is 17.5 Å². The molecule has 0 aliphatic rings. The van der Waals surface area contributed by atoms with E-state index in [-0.39, 0.29) is 0 Å². The molecular formula is C25H21N. The van der Waals surface area contributed by atoms with Crippen molar-refractivity contribution in [2.45, 2.75) is 13.3 Å². The van der Waals surface area contributed by atoms with Crippen LogP contribution >= 0.6 is 0 Å². The molecule has 26 heavy (non-hydrogen) atoms. The van der Waals surface area contributed by atoms with Gasteiger partial charge in [-0.3, -0.25) is 0 Å². The van der Waals surface area contributed by atoms with Crippen LogP contribution in [0, 0.1) is 11.3 Å². The molecule has 0 aliphatic heterocycles. The third-order valence-electron chi connectivity index (χ3n) is 4.50. The summed E-state index contributed by atoms with van der Waals surface area (Å²) in [7, 11) is 0. The highest BCUT2D eigenvalue weighted by molar-refractivity contribution is 5.98. The van der Waals surface area contributed by atoms with Gasteiger partial charge in [0.25, 0.3) is 0 Å². The molecule has 0 aliphatic carbocycles. The van der Waals surface area contributed by atoms with Crippen LogP contribution in [0.4, 0.5) is 0 Å². The second-order valence-electron chi connectivity index (χ2n) is 6.11. The molecule has 0 spiro atoms. The molecule has 0 amide bonds. The highest BCUT2D eigenvalue weighted by atomic mass is 14.2. The fourth-order valence-corrected chi connectivity index (χ4v) is 3.19. The molecule has 0 unspecified atom stereocenters. The van der Waals surface area contributed by atoms with Gasteiger partial charge in [0.15, 0.2) is 0 Å². The first-order chi connectivity index (χ1) is 12.7. The van der Waals surface area contributed by atoms with Gasteiger partial charge in [0, 0.05) is 0 Å². The Morgan fingerprint density at radius 1 is 0.731 bits per heavy atom. The van der Waals surface area contributed by atoms with Crippen molar-refractivity contribution in [1.29, 1.82) is 5.26 Å². The molecule has 3 rings (SSSR count). The summed E-state index contributed by atoms with van der Waals surface area (Å²) < 4.78 is 0. The Morgan fingerprint density at radius 2 is 1.19 bits per heavy atom. The van der Waals surface area contributed by atoms with Crippen molar-refractivity contribution in [3.63, 3.8) is 0 Å². The van der Waals surface area contributed by atoms with E-state index in [2.05, 4.69) is 80.2 Å². The lowest BCUT2D eigenvalue weighted by molar-refractivity contribution is 1.24. The highest BCUT2D eigenvalue weighted by Crippen LogP contribution is 2.34. The van der Waals surface area contributed by atoms with Crippen LogP contribution in [0.5, 0.6) is 0 Å². The lowest BCUT2D eigenvalue weighted by Gasteiger charge is -2.16. The Hall–Kier alpha value is -3.37. The number of benzene rings is 3. The SMILES string of the molecule is C=C(C#N)c1ccc(C(=C(CC)c2ccccc2)c2ccccc2)cc1. The maximum Gasteiger partial charge on any atom is 0.0991 e. The van der Waals surface area contributed by atoms with Crippen LogP contribution in [0.15, 0.2) is 91.5 Å². The zero-order valence-electron chi connectivity index (χ0n) is 14.9. The van der Waals surface area contributed by atoms with Crippen LogP contribution in [0.25, 0.3) is 16.7 Å². The first kappa shape index (κ1) is 17.5. The molecule has 0 fully saturated rings. The van der Waals surface area contributed by atoms with Gasteiger partial charge in [-0.25, -0.2) is 0 Å². The predicted octanol–water partition coefficient (Wildman–Crippen LogP) is 6.59. The molecule has 3 aromatic carbocycles. The molecule has 0 saturated heterocycles. The number of hydrogen-bond donors (Lipinski definition) is 0. The summed E-state index contributed by atoms with van der Waals surface area (Å²) in [5.74, 6) is 0. The largest absolute Gasteiger partial charge is 0.192 e. The van der Waals surface area contributed by atoms with Gasteiger partial charge < -0.3 is 0 Å². The van der Waals surface area contributed by atoms with E-state index in [0.29, 0.717) is 5.57 Å². The lowest BCUT2D eigenvalue weighted by Crippen LogP contribution is -1.95. The van der Waals surface area contributed by atoms with Gasteiger partial charge in [-0.1, -0.05) is 98.4 Å². The predicted molar refractivity (Wildman–Crippen MR) is 110 cm³/mol. The molecule has 1 nitrogen and oxygen atoms in total. The van der Waals surface area contributed by atoms with Gasteiger partial charge in [-0.05, 0) is 39.8 Å². The van der Waals surface area contributed by atoms with Gasteiger partial charge in [0.2, 0.25) is 0 Å². The van der Waals surface area contributed by atoms with Crippen LogP contribution in [-0.4, -0.2) is 0 Å². The van der Waals surface area contributed by atoms with Crippen LogP contribution < -0.4 is 0 Å². The zero-order chi connectivity index (χ0) is 18.4. The normalized spacial score (nSPS) is 11.4. The minimum absolute atomic E-state index is 0.487. The maximum absolute atomic E-state index is 9.06. The van der Waals surface area contributed by atoms with Crippen molar-refractivity contribution in [2.75, 3.05) is 0 Å². The molecule has 0 N–H and O–H groups in total. The molecule has 0 aromatic heterocycles. The smallest absolute Gasteiger partial charge is 0.0991 e. The number of nitrogens with zero attached hydrogens (tertiary/aromatic N) is 1. The van der Waals surface area contributed by atoms with Crippen molar-refractivity contribution in [1.82, 2.24) is 0 Å². The minimum atomic E-state index is 0.487. The van der Waals surface area contributed by atoms with Crippen molar-refractivity contribution >= 4 is 16.7 Å². The number of nitriles is 1. The summed E-state index contributed by atoms with van der Waals surface area (Å²) in [6.45, 7) is 5.99. The molecule has 126 valence electrons. The Kier molecular flexibility index (Phi) is 5.46. The molecule has 0 atom stereocenters. The van der Waals surface area contributed by atoms with Crippen molar-refractivity contribution < 1.29 is 0 Å². The molecule has 0 heterocycles. The van der Waals surface area contributed by atoms with E-state index >= 15 is 0 Å². The van der Waals surface area contributed by atoms with E-state index in [1.54, 1.807) is 0 Å². The third kappa shape index (κ3) is 3.66.